The van der Waals surface area contributed by atoms with Gasteiger partial charge in [-0.2, -0.15) is 0 Å². The standard InChI is InChI=1S/C18H29N3O2/c1-14(16-9-5-6-11-20-16)19-12-10-15-8-7-13-21(15)17(22)23-18(2,3)4/h5-6,9,11,14-15,19H,7-8,10,12-13H2,1-4H3. The van der Waals surface area contributed by atoms with Crippen molar-refractivity contribution in [2.75, 3.05) is 13.1 Å². The molecule has 128 valence electrons. The summed E-state index contributed by atoms with van der Waals surface area (Å²) in [6.07, 6.45) is 4.68. The van der Waals surface area contributed by atoms with Crippen LogP contribution in [0.4, 0.5) is 4.79 Å². The van der Waals surface area contributed by atoms with E-state index in [1.165, 1.54) is 0 Å². The van der Waals surface area contributed by atoms with Gasteiger partial charge in [-0.05, 0) is 65.6 Å². The molecule has 1 aromatic rings. The molecule has 1 amide bonds. The second kappa shape index (κ2) is 7.77. The summed E-state index contributed by atoms with van der Waals surface area (Å²) in [6, 6.07) is 6.44. The quantitative estimate of drug-likeness (QED) is 0.902. The van der Waals surface area contributed by atoms with Crippen molar-refractivity contribution >= 4 is 6.09 Å². The van der Waals surface area contributed by atoms with Gasteiger partial charge in [-0.15, -0.1) is 0 Å². The van der Waals surface area contributed by atoms with E-state index in [0.29, 0.717) is 0 Å². The predicted octanol–water partition coefficient (Wildman–Crippen LogP) is 3.52. The third kappa shape index (κ3) is 5.50. The average molecular weight is 319 g/mol. The minimum atomic E-state index is -0.435. The fourth-order valence-corrected chi connectivity index (χ4v) is 2.90. The second-order valence-corrected chi connectivity index (χ2v) is 7.19. The number of carbonyl (C=O) groups excluding carboxylic acids is 1. The third-order valence-electron chi connectivity index (χ3n) is 4.06. The molecule has 1 aliphatic rings. The molecule has 1 aliphatic heterocycles. The minimum Gasteiger partial charge on any atom is -0.444 e. The van der Waals surface area contributed by atoms with Crippen molar-refractivity contribution in [2.45, 2.75) is 64.6 Å². The van der Waals surface area contributed by atoms with E-state index in [9.17, 15) is 4.79 Å². The molecule has 0 saturated carbocycles. The summed E-state index contributed by atoms with van der Waals surface area (Å²) in [7, 11) is 0. The topological polar surface area (TPSA) is 54.5 Å². The van der Waals surface area contributed by atoms with Crippen LogP contribution in [0.25, 0.3) is 0 Å². The van der Waals surface area contributed by atoms with E-state index in [4.69, 9.17) is 4.74 Å². The molecule has 2 atom stereocenters. The molecule has 23 heavy (non-hydrogen) atoms. The van der Waals surface area contributed by atoms with Crippen molar-refractivity contribution in [3.05, 3.63) is 30.1 Å². The molecule has 0 spiro atoms. The number of ether oxygens (including phenoxy) is 1. The Hall–Kier alpha value is -1.62. The van der Waals surface area contributed by atoms with E-state index < -0.39 is 5.60 Å². The lowest BCUT2D eigenvalue weighted by atomic mass is 10.1. The van der Waals surface area contributed by atoms with Crippen LogP contribution in [0.1, 0.15) is 58.7 Å². The average Bonchev–Trinajstić information content (AvgIpc) is 2.95. The highest BCUT2D eigenvalue weighted by Crippen LogP contribution is 2.23. The highest BCUT2D eigenvalue weighted by Gasteiger charge is 2.31. The fourth-order valence-electron chi connectivity index (χ4n) is 2.90. The van der Waals surface area contributed by atoms with Crippen molar-refractivity contribution in [2.24, 2.45) is 0 Å². The number of likely N-dealkylation sites (tertiary alicyclic amines) is 1. The van der Waals surface area contributed by atoms with Gasteiger partial charge >= 0.3 is 6.09 Å². The van der Waals surface area contributed by atoms with E-state index in [0.717, 1.165) is 38.0 Å². The number of pyridine rings is 1. The zero-order chi connectivity index (χ0) is 16.9. The number of aromatic nitrogens is 1. The number of hydrogen-bond acceptors (Lipinski definition) is 4. The lowest BCUT2D eigenvalue weighted by Crippen LogP contribution is -2.41. The van der Waals surface area contributed by atoms with E-state index in [1.807, 2.05) is 50.1 Å². The maximum atomic E-state index is 12.3. The highest BCUT2D eigenvalue weighted by molar-refractivity contribution is 5.68. The molecule has 1 N–H and O–H groups in total. The van der Waals surface area contributed by atoms with E-state index >= 15 is 0 Å². The Kier molecular flexibility index (Phi) is 5.99. The molecular formula is C18H29N3O2. The van der Waals surface area contributed by atoms with Crippen LogP contribution in [-0.4, -0.2) is 40.7 Å². The van der Waals surface area contributed by atoms with Gasteiger partial charge in [0.25, 0.3) is 0 Å². The molecule has 0 radical (unpaired) electrons. The molecular weight excluding hydrogens is 290 g/mol. The van der Waals surface area contributed by atoms with Gasteiger partial charge in [0.1, 0.15) is 5.60 Å². The van der Waals surface area contributed by atoms with Gasteiger partial charge in [-0.3, -0.25) is 4.98 Å². The molecule has 5 nitrogen and oxygen atoms in total. The minimum absolute atomic E-state index is 0.183. The predicted molar refractivity (Wildman–Crippen MR) is 91.2 cm³/mol. The van der Waals surface area contributed by atoms with Gasteiger partial charge in [0.15, 0.2) is 0 Å². The van der Waals surface area contributed by atoms with E-state index in [2.05, 4.69) is 17.2 Å². The largest absolute Gasteiger partial charge is 0.444 e. The SMILES string of the molecule is CC(NCCC1CCCN1C(=O)OC(C)(C)C)c1ccccn1. The monoisotopic (exact) mass is 319 g/mol. The Morgan fingerprint density at radius 3 is 2.91 bits per heavy atom. The number of nitrogens with zero attached hydrogens (tertiary/aromatic N) is 2. The van der Waals surface area contributed by atoms with Crippen LogP contribution in [0.15, 0.2) is 24.4 Å². The van der Waals surface area contributed by atoms with Gasteiger partial charge in [0.05, 0.1) is 5.69 Å². The third-order valence-corrected chi connectivity index (χ3v) is 4.06. The Labute approximate surface area is 139 Å². The zero-order valence-corrected chi connectivity index (χ0v) is 14.7. The molecule has 2 rings (SSSR count). The summed E-state index contributed by atoms with van der Waals surface area (Å²) in [5, 5.41) is 3.49. The number of rotatable bonds is 5. The Morgan fingerprint density at radius 2 is 2.26 bits per heavy atom. The maximum absolute atomic E-state index is 12.3. The van der Waals surface area contributed by atoms with Crippen LogP contribution in [0.2, 0.25) is 0 Å². The summed E-state index contributed by atoms with van der Waals surface area (Å²) < 4.78 is 5.51. The fraction of sp³-hybridized carbons (Fsp3) is 0.667. The molecule has 2 heterocycles. The Morgan fingerprint density at radius 1 is 1.48 bits per heavy atom. The first-order valence-electron chi connectivity index (χ1n) is 8.51. The summed E-state index contributed by atoms with van der Waals surface area (Å²) in [5.74, 6) is 0. The first-order chi connectivity index (χ1) is 10.9. The van der Waals surface area contributed by atoms with Crippen LogP contribution in [0, 0.1) is 0 Å². The van der Waals surface area contributed by atoms with E-state index in [-0.39, 0.29) is 18.2 Å². The van der Waals surface area contributed by atoms with Crippen molar-refractivity contribution < 1.29 is 9.53 Å². The molecule has 0 aromatic carbocycles. The number of amides is 1. The lowest BCUT2D eigenvalue weighted by molar-refractivity contribution is 0.0220. The Bertz CT molecular complexity index is 499. The first kappa shape index (κ1) is 17.7. The molecule has 2 unspecified atom stereocenters. The lowest BCUT2D eigenvalue weighted by Gasteiger charge is -2.29. The van der Waals surface area contributed by atoms with Gasteiger partial charge in [-0.25, -0.2) is 4.79 Å². The summed E-state index contributed by atoms with van der Waals surface area (Å²) in [6.45, 7) is 9.50. The highest BCUT2D eigenvalue weighted by atomic mass is 16.6. The van der Waals surface area contributed by atoms with Gasteiger partial charge in [0.2, 0.25) is 0 Å². The van der Waals surface area contributed by atoms with Crippen LogP contribution >= 0.6 is 0 Å². The maximum Gasteiger partial charge on any atom is 0.410 e. The van der Waals surface area contributed by atoms with Crippen LogP contribution in [-0.2, 0) is 4.74 Å². The zero-order valence-electron chi connectivity index (χ0n) is 14.7. The van der Waals surface area contributed by atoms with Crippen LogP contribution in [0.5, 0.6) is 0 Å². The molecule has 5 heteroatoms. The number of hydrogen-bond donors (Lipinski definition) is 1. The van der Waals surface area contributed by atoms with E-state index in [1.54, 1.807) is 0 Å². The molecule has 1 saturated heterocycles. The van der Waals surface area contributed by atoms with Gasteiger partial charge in [-0.1, -0.05) is 6.07 Å². The summed E-state index contributed by atoms with van der Waals surface area (Å²) >= 11 is 0. The number of carbonyl (C=O) groups is 1. The van der Waals surface area contributed by atoms with Crippen LogP contribution in [0.3, 0.4) is 0 Å². The normalized spacial score (nSPS) is 19.7. The summed E-state index contributed by atoms with van der Waals surface area (Å²) in [5.41, 5.74) is 0.610. The molecule has 0 bridgehead atoms. The van der Waals surface area contributed by atoms with Gasteiger partial charge in [0, 0.05) is 24.8 Å². The Balaban J connectivity index is 1.79. The smallest absolute Gasteiger partial charge is 0.410 e. The van der Waals surface area contributed by atoms with Crippen LogP contribution < -0.4 is 5.32 Å². The van der Waals surface area contributed by atoms with Crippen molar-refractivity contribution in [1.82, 2.24) is 15.2 Å². The number of nitrogens with one attached hydrogen (secondary N) is 1. The van der Waals surface area contributed by atoms with Crippen molar-refractivity contribution in [1.29, 1.82) is 0 Å². The summed E-state index contributed by atoms with van der Waals surface area (Å²) in [4.78, 5) is 18.5. The second-order valence-electron chi connectivity index (χ2n) is 7.19. The van der Waals surface area contributed by atoms with Gasteiger partial charge < -0.3 is 15.0 Å². The molecule has 1 aromatic heterocycles. The molecule has 1 fully saturated rings. The first-order valence-corrected chi connectivity index (χ1v) is 8.51. The van der Waals surface area contributed by atoms with Crippen molar-refractivity contribution in [3.8, 4) is 0 Å². The van der Waals surface area contributed by atoms with Crippen molar-refractivity contribution in [3.63, 3.8) is 0 Å². The molecule has 0 aliphatic carbocycles.